The fraction of sp³-hybridized carbons (Fsp3) is 0.400. The van der Waals surface area contributed by atoms with Crippen LogP contribution >= 0.6 is 27.5 Å². The number of aliphatic hydroxyl groups excluding tert-OH is 1. The van der Waals surface area contributed by atoms with Gasteiger partial charge in [0, 0.05) is 17.1 Å². The summed E-state index contributed by atoms with van der Waals surface area (Å²) in [7, 11) is 0. The highest BCUT2D eigenvalue weighted by atomic mass is 79.9. The van der Waals surface area contributed by atoms with Crippen LogP contribution in [-0.2, 0) is 0 Å². The van der Waals surface area contributed by atoms with E-state index in [4.69, 9.17) is 11.6 Å². The quantitative estimate of drug-likeness (QED) is 0.496. The molecule has 1 unspecified atom stereocenters. The van der Waals surface area contributed by atoms with E-state index in [-0.39, 0.29) is 18.1 Å². The molecule has 0 aliphatic carbocycles. The van der Waals surface area contributed by atoms with Gasteiger partial charge in [0.05, 0.1) is 16.9 Å². The molecule has 0 saturated carbocycles. The molecule has 0 aromatic heterocycles. The number of nitrogens with one attached hydrogen (secondary N) is 1. The van der Waals surface area contributed by atoms with Crippen molar-refractivity contribution < 1.29 is 10.0 Å². The Morgan fingerprint density at radius 1 is 1.65 bits per heavy atom. The van der Waals surface area contributed by atoms with Gasteiger partial charge in [-0.25, -0.2) is 0 Å². The van der Waals surface area contributed by atoms with Crippen molar-refractivity contribution >= 4 is 38.9 Å². The Hall–Kier alpha value is -0.850. The van der Waals surface area contributed by atoms with E-state index < -0.39 is 11.0 Å². The van der Waals surface area contributed by atoms with Crippen molar-refractivity contribution in [3.63, 3.8) is 0 Å². The van der Waals surface area contributed by atoms with Crippen molar-refractivity contribution in [2.45, 2.75) is 13.0 Å². The fourth-order valence-corrected chi connectivity index (χ4v) is 2.04. The van der Waals surface area contributed by atoms with Crippen LogP contribution in [0.3, 0.4) is 0 Å². The summed E-state index contributed by atoms with van der Waals surface area (Å²) >= 11 is 8.66. The summed E-state index contributed by atoms with van der Waals surface area (Å²) in [6.07, 6.45) is -0.737. The number of halogens is 2. The van der Waals surface area contributed by atoms with Crippen molar-refractivity contribution in [3.8, 4) is 0 Å². The average molecular weight is 324 g/mol. The lowest BCUT2D eigenvalue weighted by Crippen LogP contribution is -2.21. The maximum absolute atomic E-state index is 10.9. The third-order valence-electron chi connectivity index (χ3n) is 2.17. The molecule has 0 bridgehead atoms. The molecule has 0 fully saturated rings. The van der Waals surface area contributed by atoms with Crippen LogP contribution in [-0.4, -0.2) is 28.6 Å². The Morgan fingerprint density at radius 2 is 2.29 bits per heavy atom. The Balaban J connectivity index is 3.00. The van der Waals surface area contributed by atoms with E-state index in [0.717, 1.165) is 5.56 Å². The van der Waals surface area contributed by atoms with Gasteiger partial charge in [0.2, 0.25) is 0 Å². The molecule has 0 heterocycles. The minimum atomic E-state index is -0.737. The van der Waals surface area contributed by atoms with Crippen molar-refractivity contribution in [2.24, 2.45) is 0 Å². The van der Waals surface area contributed by atoms with Crippen LogP contribution in [0.2, 0.25) is 0 Å². The van der Waals surface area contributed by atoms with Gasteiger partial charge in [0.15, 0.2) is 0 Å². The largest absolute Gasteiger partial charge is 0.390 e. The number of anilines is 1. The van der Waals surface area contributed by atoms with Crippen molar-refractivity contribution in [1.82, 2.24) is 0 Å². The molecule has 1 atom stereocenters. The summed E-state index contributed by atoms with van der Waals surface area (Å²) in [5, 5.41) is 23.1. The second kappa shape index (κ2) is 6.18. The minimum absolute atomic E-state index is 0.0290. The summed E-state index contributed by atoms with van der Waals surface area (Å²) in [5.41, 5.74) is 1.11. The molecule has 5 nitrogen and oxygen atoms in total. The van der Waals surface area contributed by atoms with Gasteiger partial charge in [0.25, 0.3) is 5.69 Å². The van der Waals surface area contributed by atoms with Crippen LogP contribution in [0.1, 0.15) is 5.56 Å². The van der Waals surface area contributed by atoms with Crippen LogP contribution in [0.15, 0.2) is 16.6 Å². The number of hydrogen-bond donors (Lipinski definition) is 2. The molecule has 94 valence electrons. The molecule has 1 aromatic carbocycles. The van der Waals surface area contributed by atoms with Crippen LogP contribution in [0.25, 0.3) is 0 Å². The molecular weight excluding hydrogens is 311 g/mol. The second-order valence-electron chi connectivity index (χ2n) is 3.56. The Labute approximate surface area is 112 Å². The van der Waals surface area contributed by atoms with Gasteiger partial charge < -0.3 is 10.4 Å². The first kappa shape index (κ1) is 14.2. The summed E-state index contributed by atoms with van der Waals surface area (Å²) in [5.74, 6) is 0.0797. The SMILES string of the molecule is Cc1cc(Br)cc([N+](=O)[O-])c1NCC(O)CCl. The second-order valence-corrected chi connectivity index (χ2v) is 4.79. The van der Waals surface area contributed by atoms with Gasteiger partial charge in [-0.2, -0.15) is 0 Å². The van der Waals surface area contributed by atoms with Crippen LogP contribution in [0.5, 0.6) is 0 Å². The predicted octanol–water partition coefficient (Wildman–Crippen LogP) is 2.68. The number of aliphatic hydroxyl groups is 1. The van der Waals surface area contributed by atoms with E-state index in [1.54, 1.807) is 13.0 Å². The Kier molecular flexibility index (Phi) is 5.17. The molecule has 0 spiro atoms. The molecular formula is C10H12BrClN2O3. The maximum atomic E-state index is 10.9. The lowest BCUT2D eigenvalue weighted by atomic mass is 10.1. The standard InChI is InChI=1S/C10H12BrClN2O3/c1-6-2-7(11)3-9(14(16)17)10(6)13-5-8(15)4-12/h2-3,8,13,15H,4-5H2,1H3. The van der Waals surface area contributed by atoms with E-state index in [2.05, 4.69) is 21.2 Å². The smallest absolute Gasteiger partial charge is 0.293 e. The molecule has 0 aliphatic rings. The van der Waals surface area contributed by atoms with Gasteiger partial charge in [0.1, 0.15) is 5.69 Å². The zero-order valence-electron chi connectivity index (χ0n) is 9.11. The number of nitro groups is 1. The van der Waals surface area contributed by atoms with Gasteiger partial charge in [-0.1, -0.05) is 15.9 Å². The van der Waals surface area contributed by atoms with Gasteiger partial charge >= 0.3 is 0 Å². The minimum Gasteiger partial charge on any atom is -0.390 e. The number of hydrogen-bond acceptors (Lipinski definition) is 4. The van der Waals surface area contributed by atoms with Crippen molar-refractivity contribution in [1.29, 1.82) is 0 Å². The summed E-state index contributed by atoms with van der Waals surface area (Å²) in [6, 6.07) is 3.19. The zero-order valence-corrected chi connectivity index (χ0v) is 11.5. The Morgan fingerprint density at radius 3 is 2.82 bits per heavy atom. The number of nitro benzene ring substituents is 1. The average Bonchev–Trinajstić information content (AvgIpc) is 2.26. The van der Waals surface area contributed by atoms with E-state index in [1.807, 2.05) is 0 Å². The van der Waals surface area contributed by atoms with E-state index >= 15 is 0 Å². The molecule has 7 heteroatoms. The first-order valence-electron chi connectivity index (χ1n) is 4.88. The first-order valence-corrected chi connectivity index (χ1v) is 6.21. The number of alkyl halides is 1. The van der Waals surface area contributed by atoms with Crippen molar-refractivity contribution in [2.75, 3.05) is 17.7 Å². The van der Waals surface area contributed by atoms with E-state index in [1.165, 1.54) is 6.07 Å². The number of aryl methyl sites for hydroxylation is 1. The highest BCUT2D eigenvalue weighted by Gasteiger charge is 2.17. The first-order chi connectivity index (χ1) is 7.95. The van der Waals surface area contributed by atoms with Crippen molar-refractivity contribution in [3.05, 3.63) is 32.3 Å². The molecule has 0 aliphatic heterocycles. The predicted molar refractivity (Wildman–Crippen MR) is 70.7 cm³/mol. The summed E-state index contributed by atoms with van der Waals surface area (Å²) in [6.45, 7) is 1.93. The third-order valence-corrected chi connectivity index (χ3v) is 2.98. The summed E-state index contributed by atoms with van der Waals surface area (Å²) < 4.78 is 0.644. The highest BCUT2D eigenvalue weighted by molar-refractivity contribution is 9.10. The van der Waals surface area contributed by atoms with E-state index in [9.17, 15) is 15.2 Å². The maximum Gasteiger partial charge on any atom is 0.293 e. The topological polar surface area (TPSA) is 75.4 Å². The molecule has 0 saturated heterocycles. The fourth-order valence-electron chi connectivity index (χ4n) is 1.37. The number of nitrogens with zero attached hydrogens (tertiary/aromatic N) is 1. The van der Waals surface area contributed by atoms with Gasteiger partial charge in [-0.15, -0.1) is 11.6 Å². The molecule has 1 rings (SSSR count). The van der Waals surface area contributed by atoms with Crippen LogP contribution in [0.4, 0.5) is 11.4 Å². The number of rotatable bonds is 5. The van der Waals surface area contributed by atoms with E-state index in [0.29, 0.717) is 10.2 Å². The molecule has 0 amide bonds. The molecule has 2 N–H and O–H groups in total. The normalized spacial score (nSPS) is 12.2. The molecule has 0 radical (unpaired) electrons. The number of benzene rings is 1. The third kappa shape index (κ3) is 3.83. The highest BCUT2D eigenvalue weighted by Crippen LogP contribution is 2.31. The Bertz CT molecular complexity index is 428. The van der Waals surface area contributed by atoms with Gasteiger partial charge in [-0.05, 0) is 18.6 Å². The van der Waals surface area contributed by atoms with Crippen LogP contribution in [0, 0.1) is 17.0 Å². The lowest BCUT2D eigenvalue weighted by Gasteiger charge is -2.12. The lowest BCUT2D eigenvalue weighted by molar-refractivity contribution is -0.384. The summed E-state index contributed by atoms with van der Waals surface area (Å²) in [4.78, 5) is 10.4. The molecule has 1 aromatic rings. The monoisotopic (exact) mass is 322 g/mol. The van der Waals surface area contributed by atoms with Gasteiger partial charge in [-0.3, -0.25) is 10.1 Å². The zero-order chi connectivity index (χ0) is 13.0. The molecule has 17 heavy (non-hydrogen) atoms. The van der Waals surface area contributed by atoms with Crippen LogP contribution < -0.4 is 5.32 Å².